The lowest BCUT2D eigenvalue weighted by Crippen LogP contribution is -1.99. The van der Waals surface area contributed by atoms with Crippen molar-refractivity contribution in [2.75, 3.05) is 5.75 Å². The van der Waals surface area contributed by atoms with Crippen LogP contribution in [0.3, 0.4) is 0 Å². The fraction of sp³-hybridized carbons (Fsp3) is 0.308. The highest BCUT2D eigenvalue weighted by atomic mass is 32.2. The van der Waals surface area contributed by atoms with E-state index in [0.717, 1.165) is 12.2 Å². The fourth-order valence-corrected chi connectivity index (χ4v) is 2.64. The molecule has 4 heteroatoms. The van der Waals surface area contributed by atoms with E-state index < -0.39 is 0 Å². The summed E-state index contributed by atoms with van der Waals surface area (Å²) in [4.78, 5) is 1.29. The van der Waals surface area contributed by atoms with Gasteiger partial charge >= 0.3 is 0 Å². The minimum Gasteiger partial charge on any atom is -0.326 e. The highest BCUT2D eigenvalue weighted by Crippen LogP contribution is 2.20. The van der Waals surface area contributed by atoms with Crippen LogP contribution in [0.1, 0.15) is 11.3 Å². The lowest BCUT2D eigenvalue weighted by Gasteiger charge is -2.04. The van der Waals surface area contributed by atoms with Gasteiger partial charge in [0.15, 0.2) is 0 Å². The Kier molecular flexibility index (Phi) is 4.23. The smallest absolute Gasteiger partial charge is 0.0492 e. The third-order valence-corrected chi connectivity index (χ3v) is 3.68. The third-order valence-electron chi connectivity index (χ3n) is 2.68. The first kappa shape index (κ1) is 12.2. The zero-order valence-corrected chi connectivity index (χ0v) is 10.8. The van der Waals surface area contributed by atoms with Gasteiger partial charge < -0.3 is 5.73 Å². The van der Waals surface area contributed by atoms with E-state index >= 15 is 0 Å². The summed E-state index contributed by atoms with van der Waals surface area (Å²) in [6, 6.07) is 10.5. The normalized spacial score (nSPS) is 10.7. The second-order valence-electron chi connectivity index (χ2n) is 3.90. The van der Waals surface area contributed by atoms with Gasteiger partial charge in [0.05, 0.1) is 0 Å². The lowest BCUT2D eigenvalue weighted by atomic mass is 10.2. The molecule has 2 rings (SSSR count). The summed E-state index contributed by atoms with van der Waals surface area (Å²) in [5.41, 5.74) is 8.08. The van der Waals surface area contributed by atoms with Crippen molar-refractivity contribution in [1.82, 2.24) is 9.78 Å². The van der Waals surface area contributed by atoms with Gasteiger partial charge in [-0.3, -0.25) is 4.68 Å². The van der Waals surface area contributed by atoms with Crippen molar-refractivity contribution in [1.29, 1.82) is 0 Å². The van der Waals surface area contributed by atoms with Gasteiger partial charge in [-0.05, 0) is 30.2 Å². The van der Waals surface area contributed by atoms with E-state index in [2.05, 4.69) is 35.4 Å². The maximum absolute atomic E-state index is 5.62. The number of nitrogens with two attached hydrogens (primary N) is 1. The second-order valence-corrected chi connectivity index (χ2v) is 5.06. The van der Waals surface area contributed by atoms with Crippen molar-refractivity contribution < 1.29 is 0 Å². The molecule has 2 N–H and O–H groups in total. The van der Waals surface area contributed by atoms with Crippen LogP contribution < -0.4 is 5.73 Å². The molecule has 0 atom stereocenters. The molecule has 1 aromatic carbocycles. The summed E-state index contributed by atoms with van der Waals surface area (Å²) in [6.45, 7) is 0.607. The van der Waals surface area contributed by atoms with E-state index in [0.29, 0.717) is 6.54 Å². The SMILES string of the molecule is Cn1nccc1CCSc1cccc(CN)c1. The molecule has 2 aromatic rings. The van der Waals surface area contributed by atoms with Crippen LogP contribution in [-0.4, -0.2) is 15.5 Å². The van der Waals surface area contributed by atoms with Crippen molar-refractivity contribution in [3.63, 3.8) is 0 Å². The molecule has 17 heavy (non-hydrogen) atoms. The molecule has 0 bridgehead atoms. The Labute approximate surface area is 106 Å². The highest BCUT2D eigenvalue weighted by Gasteiger charge is 2.00. The van der Waals surface area contributed by atoms with E-state index in [1.165, 1.54) is 16.2 Å². The van der Waals surface area contributed by atoms with Crippen molar-refractivity contribution >= 4 is 11.8 Å². The van der Waals surface area contributed by atoms with Gasteiger partial charge in [0, 0.05) is 36.1 Å². The minimum atomic E-state index is 0.607. The average molecular weight is 247 g/mol. The van der Waals surface area contributed by atoms with E-state index in [1.807, 2.05) is 29.7 Å². The molecular weight excluding hydrogens is 230 g/mol. The van der Waals surface area contributed by atoms with Crippen LogP contribution in [-0.2, 0) is 20.0 Å². The number of aryl methyl sites for hydroxylation is 2. The van der Waals surface area contributed by atoms with Crippen LogP contribution >= 0.6 is 11.8 Å². The fourth-order valence-electron chi connectivity index (χ4n) is 1.68. The molecule has 0 spiro atoms. The summed E-state index contributed by atoms with van der Waals surface area (Å²) >= 11 is 1.86. The quantitative estimate of drug-likeness (QED) is 0.824. The molecule has 1 heterocycles. The van der Waals surface area contributed by atoms with Crippen LogP contribution in [0.4, 0.5) is 0 Å². The number of rotatable bonds is 5. The van der Waals surface area contributed by atoms with Crippen molar-refractivity contribution in [3.8, 4) is 0 Å². The first-order chi connectivity index (χ1) is 8.29. The Morgan fingerprint density at radius 3 is 2.94 bits per heavy atom. The molecule has 90 valence electrons. The predicted molar refractivity (Wildman–Crippen MR) is 72.0 cm³/mol. The lowest BCUT2D eigenvalue weighted by molar-refractivity contribution is 0.720. The molecule has 0 fully saturated rings. The summed E-state index contributed by atoms with van der Waals surface area (Å²) in [5.74, 6) is 1.06. The summed E-state index contributed by atoms with van der Waals surface area (Å²) in [6.07, 6.45) is 2.88. The average Bonchev–Trinajstić information content (AvgIpc) is 2.76. The third kappa shape index (κ3) is 3.35. The van der Waals surface area contributed by atoms with Crippen LogP contribution in [0, 0.1) is 0 Å². The maximum atomic E-state index is 5.62. The Balaban J connectivity index is 1.87. The van der Waals surface area contributed by atoms with Crippen molar-refractivity contribution in [2.45, 2.75) is 17.9 Å². The first-order valence-electron chi connectivity index (χ1n) is 5.68. The van der Waals surface area contributed by atoms with Crippen molar-refractivity contribution in [2.24, 2.45) is 12.8 Å². The number of nitrogens with zero attached hydrogens (tertiary/aromatic N) is 2. The standard InChI is InChI=1S/C13H17N3S/c1-16-12(5-7-15-16)6-8-17-13-4-2-3-11(9-13)10-14/h2-5,7,9H,6,8,10,14H2,1H3. The summed E-state index contributed by atoms with van der Waals surface area (Å²) in [7, 11) is 1.98. The number of thioether (sulfide) groups is 1. The van der Waals surface area contributed by atoms with Gasteiger partial charge in [0.2, 0.25) is 0 Å². The molecule has 0 amide bonds. The van der Waals surface area contributed by atoms with Gasteiger partial charge in [-0.25, -0.2) is 0 Å². The summed E-state index contributed by atoms with van der Waals surface area (Å²) in [5, 5.41) is 4.16. The van der Waals surface area contributed by atoms with E-state index in [9.17, 15) is 0 Å². The Bertz CT molecular complexity index is 479. The predicted octanol–water partition coefficient (Wildman–Crippen LogP) is 2.21. The molecule has 0 radical (unpaired) electrons. The Morgan fingerprint density at radius 1 is 1.35 bits per heavy atom. The monoisotopic (exact) mass is 247 g/mol. The molecule has 0 unspecified atom stereocenters. The topological polar surface area (TPSA) is 43.8 Å². The number of aromatic nitrogens is 2. The molecule has 0 aliphatic heterocycles. The van der Waals surface area contributed by atoms with Gasteiger partial charge in [-0.2, -0.15) is 5.10 Å². The Hall–Kier alpha value is -1.26. The second kappa shape index (κ2) is 5.89. The van der Waals surface area contributed by atoms with E-state index in [-0.39, 0.29) is 0 Å². The van der Waals surface area contributed by atoms with Crippen LogP contribution in [0.25, 0.3) is 0 Å². The maximum Gasteiger partial charge on any atom is 0.0492 e. The van der Waals surface area contributed by atoms with Crippen LogP contribution in [0.2, 0.25) is 0 Å². The highest BCUT2D eigenvalue weighted by molar-refractivity contribution is 7.99. The largest absolute Gasteiger partial charge is 0.326 e. The van der Waals surface area contributed by atoms with Crippen LogP contribution in [0.5, 0.6) is 0 Å². The molecule has 0 saturated carbocycles. The molecule has 0 aliphatic rings. The van der Waals surface area contributed by atoms with Gasteiger partial charge in [0.25, 0.3) is 0 Å². The van der Waals surface area contributed by atoms with Gasteiger partial charge in [0.1, 0.15) is 0 Å². The number of hydrogen-bond donors (Lipinski definition) is 1. The van der Waals surface area contributed by atoms with E-state index in [4.69, 9.17) is 5.73 Å². The van der Waals surface area contributed by atoms with Gasteiger partial charge in [-0.1, -0.05) is 12.1 Å². The first-order valence-corrected chi connectivity index (χ1v) is 6.67. The molecular formula is C13H17N3S. The molecule has 0 aliphatic carbocycles. The van der Waals surface area contributed by atoms with Gasteiger partial charge in [-0.15, -0.1) is 11.8 Å². The molecule has 3 nitrogen and oxygen atoms in total. The van der Waals surface area contributed by atoms with E-state index in [1.54, 1.807) is 0 Å². The zero-order valence-electron chi connectivity index (χ0n) is 9.97. The summed E-state index contributed by atoms with van der Waals surface area (Å²) < 4.78 is 1.93. The zero-order chi connectivity index (χ0) is 12.1. The number of hydrogen-bond acceptors (Lipinski definition) is 3. The molecule has 1 aromatic heterocycles. The molecule has 0 saturated heterocycles. The van der Waals surface area contributed by atoms with Crippen LogP contribution in [0.15, 0.2) is 41.4 Å². The van der Waals surface area contributed by atoms with Crippen molar-refractivity contribution in [3.05, 3.63) is 47.8 Å². The number of benzene rings is 1. The Morgan fingerprint density at radius 2 is 2.24 bits per heavy atom. The minimum absolute atomic E-state index is 0.607.